The minimum Gasteiger partial charge on any atom is -0.383 e. The van der Waals surface area contributed by atoms with Crippen molar-refractivity contribution in [3.8, 4) is 0 Å². The molecule has 1 aromatic carbocycles. The molecule has 5 nitrogen and oxygen atoms in total. The second kappa shape index (κ2) is 8.24. The highest BCUT2D eigenvalue weighted by molar-refractivity contribution is 9.10. The first-order valence-electron chi connectivity index (χ1n) is 5.98. The van der Waals surface area contributed by atoms with E-state index in [9.17, 15) is 9.59 Å². The summed E-state index contributed by atoms with van der Waals surface area (Å²) in [5.41, 5.74) is 0.398. The van der Waals surface area contributed by atoms with Gasteiger partial charge in [0, 0.05) is 23.7 Å². The van der Waals surface area contributed by atoms with Crippen LogP contribution in [0.3, 0.4) is 0 Å². The largest absolute Gasteiger partial charge is 0.383 e. The minimum absolute atomic E-state index is 0.265. The van der Waals surface area contributed by atoms with Crippen LogP contribution < -0.4 is 10.6 Å². The van der Waals surface area contributed by atoms with Crippen molar-refractivity contribution in [3.05, 3.63) is 33.3 Å². The van der Waals surface area contributed by atoms with Gasteiger partial charge in [0.1, 0.15) is 6.04 Å². The molecule has 0 aliphatic rings. The van der Waals surface area contributed by atoms with Gasteiger partial charge < -0.3 is 15.4 Å². The Balaban J connectivity index is 2.56. The van der Waals surface area contributed by atoms with Crippen LogP contribution in [-0.4, -0.2) is 38.1 Å². The fourth-order valence-corrected chi connectivity index (χ4v) is 1.84. The van der Waals surface area contributed by atoms with Gasteiger partial charge in [-0.2, -0.15) is 0 Å². The standard InChI is InChI=1S/C13H16BrClN2O3/c1-8(12(18)16-5-6-20-2)17-13(19)9-3-4-10(14)11(15)7-9/h3-4,7-8H,5-6H2,1-2H3,(H,16,18)(H,17,19). The van der Waals surface area contributed by atoms with Crippen molar-refractivity contribution in [2.24, 2.45) is 0 Å². The lowest BCUT2D eigenvalue weighted by Gasteiger charge is -2.14. The van der Waals surface area contributed by atoms with E-state index in [2.05, 4.69) is 26.6 Å². The monoisotopic (exact) mass is 362 g/mol. The molecule has 0 saturated heterocycles. The Morgan fingerprint density at radius 1 is 1.45 bits per heavy atom. The van der Waals surface area contributed by atoms with Crippen LogP contribution in [0, 0.1) is 0 Å². The molecule has 1 atom stereocenters. The smallest absolute Gasteiger partial charge is 0.251 e. The number of hydrogen-bond acceptors (Lipinski definition) is 3. The Morgan fingerprint density at radius 3 is 2.75 bits per heavy atom. The van der Waals surface area contributed by atoms with Crippen LogP contribution in [0.5, 0.6) is 0 Å². The van der Waals surface area contributed by atoms with E-state index in [0.717, 1.165) is 0 Å². The van der Waals surface area contributed by atoms with E-state index >= 15 is 0 Å². The second-order valence-corrected chi connectivity index (χ2v) is 5.37. The van der Waals surface area contributed by atoms with Crippen molar-refractivity contribution < 1.29 is 14.3 Å². The summed E-state index contributed by atoms with van der Waals surface area (Å²) in [6.07, 6.45) is 0. The lowest BCUT2D eigenvalue weighted by molar-refractivity contribution is -0.122. The van der Waals surface area contributed by atoms with E-state index in [1.54, 1.807) is 26.2 Å². The molecule has 1 unspecified atom stereocenters. The van der Waals surface area contributed by atoms with E-state index in [1.807, 2.05) is 0 Å². The highest BCUT2D eigenvalue weighted by Crippen LogP contribution is 2.23. The number of benzene rings is 1. The predicted molar refractivity (Wildman–Crippen MR) is 81.0 cm³/mol. The summed E-state index contributed by atoms with van der Waals surface area (Å²) in [5.74, 6) is -0.618. The average Bonchev–Trinajstić information content (AvgIpc) is 2.41. The molecule has 110 valence electrons. The van der Waals surface area contributed by atoms with Crippen LogP contribution >= 0.6 is 27.5 Å². The molecule has 7 heteroatoms. The molecule has 0 saturated carbocycles. The van der Waals surface area contributed by atoms with Crippen molar-refractivity contribution in [2.75, 3.05) is 20.3 Å². The van der Waals surface area contributed by atoms with Crippen molar-refractivity contribution in [2.45, 2.75) is 13.0 Å². The zero-order chi connectivity index (χ0) is 15.1. The number of nitrogens with one attached hydrogen (secondary N) is 2. The first-order chi connectivity index (χ1) is 9.45. The molecule has 1 aromatic rings. The van der Waals surface area contributed by atoms with Crippen molar-refractivity contribution in [1.29, 1.82) is 0 Å². The van der Waals surface area contributed by atoms with Gasteiger partial charge in [-0.25, -0.2) is 0 Å². The number of carbonyl (C=O) groups is 2. The van der Waals surface area contributed by atoms with Gasteiger partial charge in [-0.15, -0.1) is 0 Å². The maximum Gasteiger partial charge on any atom is 0.251 e. The zero-order valence-corrected chi connectivity index (χ0v) is 13.5. The van der Waals surface area contributed by atoms with Crippen LogP contribution in [0.2, 0.25) is 5.02 Å². The summed E-state index contributed by atoms with van der Waals surface area (Å²) >= 11 is 9.17. The van der Waals surface area contributed by atoms with Gasteiger partial charge in [0.15, 0.2) is 0 Å². The van der Waals surface area contributed by atoms with Crippen molar-refractivity contribution in [3.63, 3.8) is 0 Å². The molecule has 0 radical (unpaired) electrons. The molecule has 2 N–H and O–H groups in total. The van der Waals surface area contributed by atoms with Gasteiger partial charge in [-0.05, 0) is 41.1 Å². The molecule has 0 aliphatic carbocycles. The summed E-state index contributed by atoms with van der Waals surface area (Å²) in [5, 5.41) is 5.69. The molecule has 20 heavy (non-hydrogen) atoms. The molecule has 0 heterocycles. The summed E-state index contributed by atoms with van der Waals surface area (Å²) in [7, 11) is 1.55. The van der Waals surface area contributed by atoms with Crippen LogP contribution in [0.25, 0.3) is 0 Å². The van der Waals surface area contributed by atoms with Gasteiger partial charge in [-0.3, -0.25) is 9.59 Å². The van der Waals surface area contributed by atoms with E-state index in [0.29, 0.717) is 28.2 Å². The maximum absolute atomic E-state index is 12.0. The molecule has 0 aliphatic heterocycles. The Morgan fingerprint density at radius 2 is 2.15 bits per heavy atom. The Kier molecular flexibility index (Phi) is 6.98. The Hall–Kier alpha value is -1.11. The molecule has 0 spiro atoms. The van der Waals surface area contributed by atoms with Crippen LogP contribution in [0.4, 0.5) is 0 Å². The van der Waals surface area contributed by atoms with Gasteiger partial charge in [0.25, 0.3) is 5.91 Å². The fraction of sp³-hybridized carbons (Fsp3) is 0.385. The molecule has 2 amide bonds. The SMILES string of the molecule is COCCNC(=O)C(C)NC(=O)c1ccc(Br)c(Cl)c1. The number of amides is 2. The second-order valence-electron chi connectivity index (χ2n) is 4.11. The molecule has 1 rings (SSSR count). The highest BCUT2D eigenvalue weighted by Gasteiger charge is 2.16. The maximum atomic E-state index is 12.0. The van der Waals surface area contributed by atoms with Crippen LogP contribution in [0.1, 0.15) is 17.3 Å². The Labute approximate surface area is 131 Å². The number of carbonyl (C=O) groups excluding carboxylic acids is 2. The third kappa shape index (κ3) is 5.11. The molecular weight excluding hydrogens is 348 g/mol. The molecule has 0 aromatic heterocycles. The first-order valence-corrected chi connectivity index (χ1v) is 7.15. The topological polar surface area (TPSA) is 67.4 Å². The summed E-state index contributed by atoms with van der Waals surface area (Å²) in [6, 6.07) is 4.21. The van der Waals surface area contributed by atoms with E-state index < -0.39 is 6.04 Å². The first kappa shape index (κ1) is 16.9. The number of ether oxygens (including phenoxy) is 1. The Bertz CT molecular complexity index is 497. The number of methoxy groups -OCH3 is 1. The molecule has 0 fully saturated rings. The molecular formula is C13H16BrClN2O3. The average molecular weight is 364 g/mol. The van der Waals surface area contributed by atoms with E-state index in [-0.39, 0.29) is 11.8 Å². The number of halogens is 2. The molecule has 0 bridgehead atoms. The van der Waals surface area contributed by atoms with Crippen LogP contribution in [0.15, 0.2) is 22.7 Å². The predicted octanol–water partition coefficient (Wildman–Crippen LogP) is 1.98. The van der Waals surface area contributed by atoms with Gasteiger partial charge in [0.05, 0.1) is 11.6 Å². The van der Waals surface area contributed by atoms with Crippen molar-refractivity contribution >= 4 is 39.3 Å². The zero-order valence-electron chi connectivity index (χ0n) is 11.2. The fourth-order valence-electron chi connectivity index (χ4n) is 1.41. The quantitative estimate of drug-likeness (QED) is 0.760. The summed E-state index contributed by atoms with van der Waals surface area (Å²) in [4.78, 5) is 23.7. The van der Waals surface area contributed by atoms with Crippen molar-refractivity contribution in [1.82, 2.24) is 10.6 Å². The van der Waals surface area contributed by atoms with Gasteiger partial charge in [0.2, 0.25) is 5.91 Å². The summed E-state index contributed by atoms with van der Waals surface area (Å²) < 4.78 is 5.53. The normalized spacial score (nSPS) is 11.8. The lowest BCUT2D eigenvalue weighted by atomic mass is 10.2. The van der Waals surface area contributed by atoms with E-state index in [1.165, 1.54) is 6.07 Å². The third-order valence-corrected chi connectivity index (χ3v) is 3.76. The third-order valence-electron chi connectivity index (χ3n) is 2.53. The number of hydrogen-bond donors (Lipinski definition) is 2. The van der Waals surface area contributed by atoms with Crippen LogP contribution in [-0.2, 0) is 9.53 Å². The lowest BCUT2D eigenvalue weighted by Crippen LogP contribution is -2.45. The van der Waals surface area contributed by atoms with Gasteiger partial charge >= 0.3 is 0 Å². The van der Waals surface area contributed by atoms with Gasteiger partial charge in [-0.1, -0.05) is 11.6 Å². The highest BCUT2D eigenvalue weighted by atomic mass is 79.9. The van der Waals surface area contributed by atoms with E-state index in [4.69, 9.17) is 16.3 Å². The summed E-state index contributed by atoms with van der Waals surface area (Å²) in [6.45, 7) is 2.44. The minimum atomic E-state index is -0.637. The number of rotatable bonds is 6.